The van der Waals surface area contributed by atoms with Crippen LogP contribution < -0.4 is 4.74 Å². The monoisotopic (exact) mass is 275 g/mol. The Morgan fingerprint density at radius 1 is 1.21 bits per heavy atom. The van der Waals surface area contributed by atoms with Crippen LogP contribution in [0, 0.1) is 6.92 Å². The molecule has 100 valence electrons. The van der Waals surface area contributed by atoms with Crippen LogP contribution in [-0.2, 0) is 6.61 Å². The van der Waals surface area contributed by atoms with E-state index in [0.717, 1.165) is 11.4 Å². The number of aromatic nitrogens is 1. The highest BCUT2D eigenvalue weighted by atomic mass is 35.5. The minimum absolute atomic E-state index is 0.433. The Morgan fingerprint density at radius 2 is 2.00 bits per heavy atom. The highest BCUT2D eigenvalue weighted by molar-refractivity contribution is 6.29. The summed E-state index contributed by atoms with van der Waals surface area (Å²) in [6.07, 6.45) is 0. The summed E-state index contributed by atoms with van der Waals surface area (Å²) in [4.78, 5) is 4.23. The zero-order valence-corrected chi connectivity index (χ0v) is 12.2. The summed E-state index contributed by atoms with van der Waals surface area (Å²) in [5.74, 6) is 1.36. The number of nitrogens with zero attached hydrogens (tertiary/aromatic N) is 1. The lowest BCUT2D eigenvalue weighted by atomic mass is 10.0. The van der Waals surface area contributed by atoms with E-state index in [0.29, 0.717) is 17.7 Å². The van der Waals surface area contributed by atoms with E-state index < -0.39 is 0 Å². The SMILES string of the molecule is Cc1ccc(C(C)C)c(OCc2cccc(Cl)n2)c1. The van der Waals surface area contributed by atoms with Crippen molar-refractivity contribution in [3.63, 3.8) is 0 Å². The largest absolute Gasteiger partial charge is 0.487 e. The molecule has 19 heavy (non-hydrogen) atoms. The highest BCUT2D eigenvalue weighted by Gasteiger charge is 2.08. The number of rotatable bonds is 4. The molecule has 1 aromatic heterocycles. The maximum atomic E-state index is 5.90. The van der Waals surface area contributed by atoms with Gasteiger partial charge in [0, 0.05) is 0 Å². The minimum atomic E-state index is 0.433. The van der Waals surface area contributed by atoms with Crippen LogP contribution in [0.5, 0.6) is 5.75 Å². The van der Waals surface area contributed by atoms with Crippen molar-refractivity contribution in [1.82, 2.24) is 4.98 Å². The summed E-state index contributed by atoms with van der Waals surface area (Å²) in [7, 11) is 0. The maximum absolute atomic E-state index is 5.90. The molecule has 0 N–H and O–H groups in total. The number of ether oxygens (including phenoxy) is 1. The number of pyridine rings is 1. The van der Waals surface area contributed by atoms with Crippen LogP contribution in [0.2, 0.25) is 5.15 Å². The Bertz CT molecular complexity index is 566. The Kier molecular flexibility index (Phi) is 4.43. The van der Waals surface area contributed by atoms with E-state index in [9.17, 15) is 0 Å². The molecule has 3 heteroatoms. The van der Waals surface area contributed by atoms with Crippen molar-refractivity contribution >= 4 is 11.6 Å². The molecule has 1 aromatic carbocycles. The Hall–Kier alpha value is -1.54. The van der Waals surface area contributed by atoms with Gasteiger partial charge in [0.05, 0.1) is 5.69 Å². The van der Waals surface area contributed by atoms with E-state index in [1.165, 1.54) is 11.1 Å². The quantitative estimate of drug-likeness (QED) is 0.752. The first kappa shape index (κ1) is 13.9. The van der Waals surface area contributed by atoms with Gasteiger partial charge in [-0.3, -0.25) is 0 Å². The molecule has 0 unspecified atom stereocenters. The highest BCUT2D eigenvalue weighted by Crippen LogP contribution is 2.28. The topological polar surface area (TPSA) is 22.1 Å². The van der Waals surface area contributed by atoms with Gasteiger partial charge in [-0.05, 0) is 42.2 Å². The first-order valence-corrected chi connectivity index (χ1v) is 6.79. The number of hydrogen-bond acceptors (Lipinski definition) is 2. The van der Waals surface area contributed by atoms with Crippen molar-refractivity contribution in [1.29, 1.82) is 0 Å². The average Bonchev–Trinajstić information content (AvgIpc) is 2.36. The van der Waals surface area contributed by atoms with Crippen LogP contribution in [0.15, 0.2) is 36.4 Å². The van der Waals surface area contributed by atoms with Crippen molar-refractivity contribution in [2.75, 3.05) is 0 Å². The van der Waals surface area contributed by atoms with Gasteiger partial charge in [-0.2, -0.15) is 0 Å². The van der Waals surface area contributed by atoms with Gasteiger partial charge in [0.1, 0.15) is 17.5 Å². The third-order valence-electron chi connectivity index (χ3n) is 2.94. The van der Waals surface area contributed by atoms with Crippen LogP contribution in [0.4, 0.5) is 0 Å². The second-order valence-electron chi connectivity index (χ2n) is 4.94. The van der Waals surface area contributed by atoms with Gasteiger partial charge in [0.25, 0.3) is 0 Å². The molecule has 1 heterocycles. The predicted molar refractivity (Wildman–Crippen MR) is 78.8 cm³/mol. The smallest absolute Gasteiger partial charge is 0.130 e. The van der Waals surface area contributed by atoms with Gasteiger partial charge < -0.3 is 4.74 Å². The fourth-order valence-electron chi connectivity index (χ4n) is 1.93. The summed E-state index contributed by atoms with van der Waals surface area (Å²) in [6.45, 7) is 6.82. The summed E-state index contributed by atoms with van der Waals surface area (Å²) in [6, 6.07) is 11.9. The molecular weight excluding hydrogens is 258 g/mol. The van der Waals surface area contributed by atoms with Gasteiger partial charge in [0.15, 0.2) is 0 Å². The molecule has 0 aliphatic heterocycles. The second-order valence-corrected chi connectivity index (χ2v) is 5.32. The normalized spacial score (nSPS) is 10.8. The van der Waals surface area contributed by atoms with Gasteiger partial charge in [-0.15, -0.1) is 0 Å². The van der Waals surface area contributed by atoms with E-state index in [2.05, 4.69) is 44.0 Å². The van der Waals surface area contributed by atoms with Crippen LogP contribution in [0.3, 0.4) is 0 Å². The molecule has 0 atom stereocenters. The van der Waals surface area contributed by atoms with Crippen molar-refractivity contribution in [2.45, 2.75) is 33.3 Å². The van der Waals surface area contributed by atoms with Gasteiger partial charge in [-0.25, -0.2) is 4.98 Å². The number of hydrogen-bond donors (Lipinski definition) is 0. The van der Waals surface area contributed by atoms with E-state index in [1.54, 1.807) is 6.07 Å². The fraction of sp³-hybridized carbons (Fsp3) is 0.312. The van der Waals surface area contributed by atoms with Crippen molar-refractivity contribution in [3.05, 3.63) is 58.4 Å². The van der Waals surface area contributed by atoms with Gasteiger partial charge in [-0.1, -0.05) is 43.6 Å². The average molecular weight is 276 g/mol. The van der Waals surface area contributed by atoms with Crippen LogP contribution in [0.25, 0.3) is 0 Å². The Labute approximate surface area is 119 Å². The summed E-state index contributed by atoms with van der Waals surface area (Å²) < 4.78 is 5.90. The molecular formula is C16H18ClNO. The third-order valence-corrected chi connectivity index (χ3v) is 3.15. The summed E-state index contributed by atoms with van der Waals surface area (Å²) >= 11 is 5.87. The molecule has 0 spiro atoms. The van der Waals surface area contributed by atoms with Gasteiger partial charge in [0.2, 0.25) is 0 Å². The predicted octanol–water partition coefficient (Wildman–Crippen LogP) is 4.75. The molecule has 0 amide bonds. The summed E-state index contributed by atoms with van der Waals surface area (Å²) in [5.41, 5.74) is 3.25. The first-order valence-electron chi connectivity index (χ1n) is 6.41. The van der Waals surface area contributed by atoms with E-state index in [1.807, 2.05) is 12.1 Å². The van der Waals surface area contributed by atoms with E-state index in [-0.39, 0.29) is 0 Å². The molecule has 0 aliphatic rings. The maximum Gasteiger partial charge on any atom is 0.130 e. The van der Waals surface area contributed by atoms with E-state index >= 15 is 0 Å². The molecule has 2 rings (SSSR count). The molecule has 0 bridgehead atoms. The third kappa shape index (κ3) is 3.71. The molecule has 2 nitrogen and oxygen atoms in total. The Balaban J connectivity index is 2.17. The second kappa shape index (κ2) is 6.07. The van der Waals surface area contributed by atoms with Gasteiger partial charge >= 0.3 is 0 Å². The molecule has 0 saturated carbocycles. The number of aryl methyl sites for hydroxylation is 1. The molecule has 0 saturated heterocycles. The van der Waals surface area contributed by atoms with E-state index in [4.69, 9.17) is 16.3 Å². The molecule has 2 aromatic rings. The van der Waals surface area contributed by atoms with Crippen LogP contribution in [-0.4, -0.2) is 4.98 Å². The first-order chi connectivity index (χ1) is 9.06. The standard InChI is InChI=1S/C16H18ClNO/c1-11(2)14-8-7-12(3)9-15(14)19-10-13-5-4-6-16(17)18-13/h4-9,11H,10H2,1-3H3. The van der Waals surface area contributed by atoms with Crippen LogP contribution >= 0.6 is 11.6 Å². The number of halogens is 1. The number of benzene rings is 1. The van der Waals surface area contributed by atoms with Crippen molar-refractivity contribution < 1.29 is 4.74 Å². The zero-order valence-electron chi connectivity index (χ0n) is 11.5. The fourth-order valence-corrected chi connectivity index (χ4v) is 2.11. The molecule has 0 aliphatic carbocycles. The van der Waals surface area contributed by atoms with Crippen molar-refractivity contribution in [3.8, 4) is 5.75 Å². The van der Waals surface area contributed by atoms with Crippen molar-refractivity contribution in [2.24, 2.45) is 0 Å². The lowest BCUT2D eigenvalue weighted by Crippen LogP contribution is -2.02. The lowest BCUT2D eigenvalue weighted by Gasteiger charge is -2.14. The summed E-state index contributed by atoms with van der Waals surface area (Å²) in [5, 5.41) is 0.495. The zero-order chi connectivity index (χ0) is 13.8. The van der Waals surface area contributed by atoms with Crippen LogP contribution in [0.1, 0.15) is 36.6 Å². The molecule has 0 radical (unpaired) electrons. The minimum Gasteiger partial charge on any atom is -0.487 e. The Morgan fingerprint density at radius 3 is 2.68 bits per heavy atom. The molecule has 0 fully saturated rings. The lowest BCUT2D eigenvalue weighted by molar-refractivity contribution is 0.297.